The third-order valence-electron chi connectivity index (χ3n) is 3.76. The summed E-state index contributed by atoms with van der Waals surface area (Å²) in [4.78, 5) is 31.5. The highest BCUT2D eigenvalue weighted by atomic mass is 16.2. The lowest BCUT2D eigenvalue weighted by atomic mass is 9.95. The van der Waals surface area contributed by atoms with Gasteiger partial charge in [-0.3, -0.25) is 9.59 Å². The molecule has 1 aromatic heterocycles. The molecule has 0 aliphatic rings. The standard InChI is InChI=1S/C19H20N4O2/c1-19(2,3)18(25)23-14-7-5-13(6-8-14)22-17(24)12-4-9-15-16(10-12)21-11-20-15/h4-11H,1-3H3,(H,20,21)(H,22,24)(H,23,25). The van der Waals surface area contributed by atoms with Gasteiger partial charge in [0, 0.05) is 22.4 Å². The van der Waals surface area contributed by atoms with Crippen LogP contribution in [0.4, 0.5) is 11.4 Å². The van der Waals surface area contributed by atoms with E-state index in [1.807, 2.05) is 20.8 Å². The molecule has 0 fully saturated rings. The largest absolute Gasteiger partial charge is 0.345 e. The molecular formula is C19H20N4O2. The minimum Gasteiger partial charge on any atom is -0.345 e. The van der Waals surface area contributed by atoms with Crippen molar-refractivity contribution in [1.29, 1.82) is 0 Å². The second-order valence-electron chi connectivity index (χ2n) is 6.87. The molecule has 0 unspecified atom stereocenters. The number of amides is 2. The summed E-state index contributed by atoms with van der Waals surface area (Å²) in [5.74, 6) is -0.264. The van der Waals surface area contributed by atoms with Gasteiger partial charge < -0.3 is 15.6 Å². The van der Waals surface area contributed by atoms with Gasteiger partial charge in [0.2, 0.25) is 5.91 Å². The normalized spacial score (nSPS) is 11.3. The summed E-state index contributed by atoms with van der Waals surface area (Å²) in [5.41, 5.74) is 3.06. The summed E-state index contributed by atoms with van der Waals surface area (Å²) in [6.45, 7) is 5.56. The topological polar surface area (TPSA) is 86.9 Å². The van der Waals surface area contributed by atoms with Gasteiger partial charge in [-0.2, -0.15) is 0 Å². The molecule has 2 aromatic carbocycles. The van der Waals surface area contributed by atoms with E-state index in [0.29, 0.717) is 16.9 Å². The molecule has 3 N–H and O–H groups in total. The summed E-state index contributed by atoms with van der Waals surface area (Å²) in [6.07, 6.45) is 1.59. The Labute approximate surface area is 145 Å². The lowest BCUT2D eigenvalue weighted by molar-refractivity contribution is -0.123. The Kier molecular flexibility index (Phi) is 4.27. The fraction of sp³-hybridized carbons (Fsp3) is 0.211. The third kappa shape index (κ3) is 3.85. The van der Waals surface area contributed by atoms with Gasteiger partial charge in [0.25, 0.3) is 5.91 Å². The van der Waals surface area contributed by atoms with E-state index in [0.717, 1.165) is 11.0 Å². The molecule has 0 spiro atoms. The molecule has 0 radical (unpaired) electrons. The van der Waals surface area contributed by atoms with Crippen molar-refractivity contribution in [3.8, 4) is 0 Å². The monoisotopic (exact) mass is 336 g/mol. The van der Waals surface area contributed by atoms with Crippen molar-refractivity contribution in [2.24, 2.45) is 5.41 Å². The molecule has 0 aliphatic heterocycles. The predicted molar refractivity (Wildman–Crippen MR) is 98.6 cm³/mol. The molecule has 3 aromatic rings. The van der Waals surface area contributed by atoms with Crippen LogP contribution < -0.4 is 10.6 Å². The van der Waals surface area contributed by atoms with Gasteiger partial charge in [0.1, 0.15) is 0 Å². The number of aromatic nitrogens is 2. The maximum absolute atomic E-state index is 12.4. The second-order valence-corrected chi connectivity index (χ2v) is 6.87. The van der Waals surface area contributed by atoms with Crippen molar-refractivity contribution in [3.63, 3.8) is 0 Å². The average molecular weight is 336 g/mol. The molecule has 6 heteroatoms. The number of imidazole rings is 1. The number of aromatic amines is 1. The molecule has 25 heavy (non-hydrogen) atoms. The van der Waals surface area contributed by atoms with Gasteiger partial charge in [-0.15, -0.1) is 0 Å². The number of hydrogen-bond donors (Lipinski definition) is 3. The van der Waals surface area contributed by atoms with E-state index >= 15 is 0 Å². The van der Waals surface area contributed by atoms with Crippen molar-refractivity contribution in [2.75, 3.05) is 10.6 Å². The number of benzene rings is 2. The van der Waals surface area contributed by atoms with Gasteiger partial charge in [0.15, 0.2) is 0 Å². The van der Waals surface area contributed by atoms with Crippen molar-refractivity contribution >= 4 is 34.2 Å². The van der Waals surface area contributed by atoms with Crippen molar-refractivity contribution in [2.45, 2.75) is 20.8 Å². The van der Waals surface area contributed by atoms with Crippen LogP contribution in [-0.4, -0.2) is 21.8 Å². The van der Waals surface area contributed by atoms with Crippen LogP contribution in [0.15, 0.2) is 48.8 Å². The molecule has 0 atom stereocenters. The zero-order chi connectivity index (χ0) is 18.0. The minimum absolute atomic E-state index is 0.0582. The first-order valence-electron chi connectivity index (χ1n) is 7.99. The van der Waals surface area contributed by atoms with Gasteiger partial charge in [-0.25, -0.2) is 4.98 Å². The molecule has 0 saturated carbocycles. The van der Waals surface area contributed by atoms with Crippen LogP contribution in [0.5, 0.6) is 0 Å². The van der Waals surface area contributed by atoms with Crippen LogP contribution >= 0.6 is 0 Å². The molecule has 0 saturated heterocycles. The van der Waals surface area contributed by atoms with E-state index in [1.165, 1.54) is 0 Å². The van der Waals surface area contributed by atoms with Crippen molar-refractivity contribution < 1.29 is 9.59 Å². The Balaban J connectivity index is 1.68. The Morgan fingerprint density at radius 1 is 0.960 bits per heavy atom. The first kappa shape index (κ1) is 16.7. The third-order valence-corrected chi connectivity index (χ3v) is 3.76. The molecule has 0 aliphatic carbocycles. The molecule has 2 amide bonds. The van der Waals surface area contributed by atoms with Crippen LogP contribution in [0.2, 0.25) is 0 Å². The Morgan fingerprint density at radius 3 is 2.24 bits per heavy atom. The highest BCUT2D eigenvalue weighted by Crippen LogP contribution is 2.20. The Morgan fingerprint density at radius 2 is 1.60 bits per heavy atom. The summed E-state index contributed by atoms with van der Waals surface area (Å²) < 4.78 is 0. The first-order valence-corrected chi connectivity index (χ1v) is 7.99. The summed E-state index contributed by atoms with van der Waals surface area (Å²) in [7, 11) is 0. The van der Waals surface area contributed by atoms with Crippen LogP contribution in [-0.2, 0) is 4.79 Å². The quantitative estimate of drug-likeness (QED) is 0.680. The smallest absolute Gasteiger partial charge is 0.255 e. The molecule has 3 rings (SSSR count). The number of H-pyrrole nitrogens is 1. The number of hydrogen-bond acceptors (Lipinski definition) is 3. The van der Waals surface area contributed by atoms with E-state index in [-0.39, 0.29) is 11.8 Å². The van der Waals surface area contributed by atoms with Crippen LogP contribution in [0, 0.1) is 5.41 Å². The fourth-order valence-corrected chi connectivity index (χ4v) is 2.24. The minimum atomic E-state index is -0.460. The van der Waals surface area contributed by atoms with Gasteiger partial charge in [0.05, 0.1) is 17.4 Å². The van der Waals surface area contributed by atoms with Gasteiger partial charge in [-0.1, -0.05) is 20.8 Å². The zero-order valence-corrected chi connectivity index (χ0v) is 14.4. The van der Waals surface area contributed by atoms with Crippen molar-refractivity contribution in [3.05, 3.63) is 54.4 Å². The van der Waals surface area contributed by atoms with Crippen molar-refractivity contribution in [1.82, 2.24) is 9.97 Å². The highest BCUT2D eigenvalue weighted by molar-refractivity contribution is 6.06. The van der Waals surface area contributed by atoms with E-state index in [4.69, 9.17) is 0 Å². The number of nitrogens with zero attached hydrogens (tertiary/aromatic N) is 1. The number of rotatable bonds is 3. The summed E-state index contributed by atoms with van der Waals surface area (Å²) in [6, 6.07) is 12.3. The Bertz CT molecular complexity index is 920. The average Bonchev–Trinajstić information content (AvgIpc) is 3.03. The maximum atomic E-state index is 12.4. The molecule has 0 bridgehead atoms. The van der Waals surface area contributed by atoms with E-state index in [9.17, 15) is 9.59 Å². The highest BCUT2D eigenvalue weighted by Gasteiger charge is 2.21. The van der Waals surface area contributed by atoms with E-state index in [2.05, 4.69) is 20.6 Å². The van der Waals surface area contributed by atoms with E-state index in [1.54, 1.807) is 48.8 Å². The number of carbonyl (C=O) groups is 2. The number of fused-ring (bicyclic) bond motifs is 1. The zero-order valence-electron chi connectivity index (χ0n) is 14.4. The molecule has 128 valence electrons. The lowest BCUT2D eigenvalue weighted by Gasteiger charge is -2.17. The van der Waals surface area contributed by atoms with Crippen LogP contribution in [0.3, 0.4) is 0 Å². The summed E-state index contributed by atoms with van der Waals surface area (Å²) >= 11 is 0. The predicted octanol–water partition coefficient (Wildman–Crippen LogP) is 3.80. The Hall–Kier alpha value is -3.15. The first-order chi connectivity index (χ1) is 11.8. The molecular weight excluding hydrogens is 316 g/mol. The number of anilines is 2. The van der Waals surface area contributed by atoms with Gasteiger partial charge in [-0.05, 0) is 42.5 Å². The second kappa shape index (κ2) is 6.39. The summed E-state index contributed by atoms with van der Waals surface area (Å²) in [5, 5.41) is 5.69. The molecule has 1 heterocycles. The maximum Gasteiger partial charge on any atom is 0.255 e. The van der Waals surface area contributed by atoms with Crippen LogP contribution in [0.25, 0.3) is 11.0 Å². The number of nitrogens with one attached hydrogen (secondary N) is 3. The molecule has 6 nitrogen and oxygen atoms in total. The van der Waals surface area contributed by atoms with Gasteiger partial charge >= 0.3 is 0 Å². The fourth-order valence-electron chi connectivity index (χ4n) is 2.24. The SMILES string of the molecule is CC(C)(C)C(=O)Nc1ccc(NC(=O)c2ccc3nc[nH]c3c2)cc1. The lowest BCUT2D eigenvalue weighted by Crippen LogP contribution is -2.27. The number of carbonyl (C=O) groups excluding carboxylic acids is 2. The van der Waals surface area contributed by atoms with E-state index < -0.39 is 5.41 Å². The van der Waals surface area contributed by atoms with Crippen LogP contribution in [0.1, 0.15) is 31.1 Å².